The van der Waals surface area contributed by atoms with Crippen molar-refractivity contribution in [3.63, 3.8) is 0 Å². The average molecular weight is 483 g/mol. The van der Waals surface area contributed by atoms with Crippen molar-refractivity contribution in [2.24, 2.45) is 5.41 Å². The third-order valence-electron chi connectivity index (χ3n) is 4.93. The summed E-state index contributed by atoms with van der Waals surface area (Å²) in [5.41, 5.74) is 0.407. The Hall–Kier alpha value is -2.09. The lowest BCUT2D eigenvalue weighted by Gasteiger charge is -2.30. The molecule has 0 saturated heterocycles. The van der Waals surface area contributed by atoms with Crippen molar-refractivity contribution >= 4 is 40.8 Å². The number of amides is 2. The molecule has 0 bridgehead atoms. The van der Waals surface area contributed by atoms with Crippen LogP contribution in [0, 0.1) is 5.41 Å². The molecule has 32 heavy (non-hydrogen) atoms. The molecular formula is C23H32Cl2N4O3. The fourth-order valence-corrected chi connectivity index (χ4v) is 3.27. The van der Waals surface area contributed by atoms with Crippen LogP contribution in [0.3, 0.4) is 0 Å². The van der Waals surface area contributed by atoms with Crippen LogP contribution in [0.25, 0.3) is 5.69 Å². The number of methoxy groups -OCH3 is 1. The van der Waals surface area contributed by atoms with Gasteiger partial charge in [-0.15, -0.1) is 11.6 Å². The van der Waals surface area contributed by atoms with E-state index in [4.69, 9.17) is 27.9 Å². The van der Waals surface area contributed by atoms with Gasteiger partial charge in [0.15, 0.2) is 0 Å². The Morgan fingerprint density at radius 3 is 2.41 bits per heavy atom. The molecule has 7 nitrogen and oxygen atoms in total. The topological polar surface area (TPSA) is 76.5 Å². The molecule has 176 valence electrons. The van der Waals surface area contributed by atoms with Crippen LogP contribution in [-0.2, 0) is 19.7 Å². The standard InChI is InChI=1S/C23H32Cl2N4O3/c1-22(2,3)18-13-19(29(27-18)17-10-8-7-9-16(17)25)26-20(30)14-28(11-12-32-6)21(31)23(4,5)15-24/h7-10,13H,11-12,14-15H2,1-6H3,(H,26,30). The molecule has 2 amide bonds. The molecule has 0 aliphatic rings. The number of anilines is 1. The highest BCUT2D eigenvalue weighted by atomic mass is 35.5. The number of carbonyl (C=O) groups is 2. The second kappa shape index (κ2) is 10.7. The molecular weight excluding hydrogens is 451 g/mol. The third kappa shape index (κ3) is 6.47. The van der Waals surface area contributed by atoms with Crippen LogP contribution in [-0.4, -0.2) is 59.2 Å². The summed E-state index contributed by atoms with van der Waals surface area (Å²) < 4.78 is 6.73. The van der Waals surface area contributed by atoms with Gasteiger partial charge in [-0.2, -0.15) is 5.10 Å². The van der Waals surface area contributed by atoms with Crippen molar-refractivity contribution < 1.29 is 14.3 Å². The molecule has 9 heteroatoms. The summed E-state index contributed by atoms with van der Waals surface area (Å²) in [4.78, 5) is 27.4. The predicted octanol–water partition coefficient (Wildman–Crippen LogP) is 4.50. The first-order valence-electron chi connectivity index (χ1n) is 10.4. The minimum atomic E-state index is -0.797. The van der Waals surface area contributed by atoms with E-state index in [1.807, 2.05) is 45.0 Å². The lowest BCUT2D eigenvalue weighted by molar-refractivity contribution is -0.142. The quantitative estimate of drug-likeness (QED) is 0.533. The number of alkyl halides is 1. The highest BCUT2D eigenvalue weighted by Crippen LogP contribution is 2.29. The number of aromatic nitrogens is 2. The maximum absolute atomic E-state index is 13.0. The first-order valence-corrected chi connectivity index (χ1v) is 11.3. The molecule has 2 rings (SSSR count). The zero-order valence-corrected chi connectivity index (χ0v) is 21.0. The van der Waals surface area contributed by atoms with Crippen LogP contribution in [0.2, 0.25) is 5.02 Å². The van der Waals surface area contributed by atoms with Gasteiger partial charge < -0.3 is 15.0 Å². The van der Waals surface area contributed by atoms with Crippen LogP contribution in [0.15, 0.2) is 30.3 Å². The monoisotopic (exact) mass is 482 g/mol. The smallest absolute Gasteiger partial charge is 0.245 e. The van der Waals surface area contributed by atoms with Crippen molar-refractivity contribution in [1.82, 2.24) is 14.7 Å². The summed E-state index contributed by atoms with van der Waals surface area (Å²) in [5.74, 6) is 0.0532. The number of ether oxygens (including phenoxy) is 1. The number of nitrogens with zero attached hydrogens (tertiary/aromatic N) is 3. The predicted molar refractivity (Wildman–Crippen MR) is 129 cm³/mol. The highest BCUT2D eigenvalue weighted by Gasteiger charge is 2.32. The number of hydrogen-bond donors (Lipinski definition) is 1. The molecule has 0 radical (unpaired) electrons. The Balaban J connectivity index is 2.33. The first-order chi connectivity index (χ1) is 14.9. The average Bonchev–Trinajstić information content (AvgIpc) is 3.14. The van der Waals surface area contributed by atoms with E-state index in [2.05, 4.69) is 10.4 Å². The fourth-order valence-electron chi connectivity index (χ4n) is 2.94. The zero-order valence-electron chi connectivity index (χ0n) is 19.5. The third-order valence-corrected chi connectivity index (χ3v) is 5.91. The summed E-state index contributed by atoms with van der Waals surface area (Å²) in [6, 6.07) is 9.10. The van der Waals surface area contributed by atoms with Gasteiger partial charge >= 0.3 is 0 Å². The Morgan fingerprint density at radius 1 is 1.19 bits per heavy atom. The highest BCUT2D eigenvalue weighted by molar-refractivity contribution is 6.32. The summed E-state index contributed by atoms with van der Waals surface area (Å²) in [6.07, 6.45) is 0. The molecule has 2 aromatic rings. The van der Waals surface area contributed by atoms with E-state index in [1.54, 1.807) is 31.7 Å². The van der Waals surface area contributed by atoms with Crippen molar-refractivity contribution in [2.45, 2.75) is 40.0 Å². The Bertz CT molecular complexity index is 951. The van der Waals surface area contributed by atoms with E-state index < -0.39 is 5.41 Å². The van der Waals surface area contributed by atoms with Gasteiger partial charge in [-0.05, 0) is 26.0 Å². The normalized spacial score (nSPS) is 12.0. The van der Waals surface area contributed by atoms with Gasteiger partial charge in [0, 0.05) is 31.0 Å². The van der Waals surface area contributed by atoms with Crippen LogP contribution < -0.4 is 5.32 Å². The Morgan fingerprint density at radius 2 is 1.84 bits per heavy atom. The molecule has 0 spiro atoms. The molecule has 1 heterocycles. The van der Waals surface area contributed by atoms with Crippen LogP contribution >= 0.6 is 23.2 Å². The Labute approximate surface area is 200 Å². The minimum Gasteiger partial charge on any atom is -0.383 e. The van der Waals surface area contributed by atoms with Gasteiger partial charge in [0.1, 0.15) is 12.4 Å². The molecule has 1 aromatic carbocycles. The summed E-state index contributed by atoms with van der Waals surface area (Å²) in [5, 5.41) is 8.08. The second-order valence-corrected chi connectivity index (χ2v) is 9.99. The number of para-hydroxylation sites is 1. The minimum absolute atomic E-state index is 0.138. The lowest BCUT2D eigenvalue weighted by Crippen LogP contribution is -2.46. The number of carbonyl (C=O) groups excluding carboxylic acids is 2. The summed E-state index contributed by atoms with van der Waals surface area (Å²) in [7, 11) is 1.55. The SMILES string of the molecule is COCCN(CC(=O)Nc1cc(C(C)(C)C)nn1-c1ccccc1Cl)C(=O)C(C)(C)CCl. The van der Waals surface area contributed by atoms with Gasteiger partial charge in [0.2, 0.25) is 11.8 Å². The van der Waals surface area contributed by atoms with Gasteiger partial charge in [-0.1, -0.05) is 44.5 Å². The zero-order chi connectivity index (χ0) is 24.1. The molecule has 1 N–H and O–H groups in total. The molecule has 0 aliphatic heterocycles. The van der Waals surface area contributed by atoms with Crippen molar-refractivity contribution in [1.29, 1.82) is 0 Å². The number of nitrogens with one attached hydrogen (secondary N) is 1. The van der Waals surface area contributed by atoms with E-state index in [-0.39, 0.29) is 36.2 Å². The van der Waals surface area contributed by atoms with E-state index in [0.29, 0.717) is 23.1 Å². The van der Waals surface area contributed by atoms with E-state index in [0.717, 1.165) is 5.69 Å². The molecule has 0 fully saturated rings. The Kier molecular flexibility index (Phi) is 8.74. The number of benzene rings is 1. The molecule has 1 aromatic heterocycles. The van der Waals surface area contributed by atoms with Crippen molar-refractivity contribution in [3.8, 4) is 5.69 Å². The first kappa shape index (κ1) is 26.2. The van der Waals surface area contributed by atoms with E-state index in [9.17, 15) is 9.59 Å². The summed E-state index contributed by atoms with van der Waals surface area (Å²) >= 11 is 12.4. The van der Waals surface area contributed by atoms with Gasteiger partial charge in [-0.3, -0.25) is 9.59 Å². The second-order valence-electron chi connectivity index (χ2n) is 9.31. The molecule has 0 aliphatic carbocycles. The number of halogens is 2. The maximum atomic E-state index is 13.0. The number of hydrogen-bond acceptors (Lipinski definition) is 4. The van der Waals surface area contributed by atoms with E-state index >= 15 is 0 Å². The summed E-state index contributed by atoms with van der Waals surface area (Å²) in [6.45, 7) is 10.1. The number of rotatable bonds is 9. The molecule has 0 saturated carbocycles. The van der Waals surface area contributed by atoms with Gasteiger partial charge in [0.25, 0.3) is 0 Å². The largest absolute Gasteiger partial charge is 0.383 e. The fraction of sp³-hybridized carbons (Fsp3) is 0.522. The van der Waals surface area contributed by atoms with Crippen LogP contribution in [0.4, 0.5) is 5.82 Å². The lowest BCUT2D eigenvalue weighted by atomic mass is 9.92. The molecule has 0 unspecified atom stereocenters. The van der Waals surface area contributed by atoms with Crippen LogP contribution in [0.1, 0.15) is 40.3 Å². The van der Waals surface area contributed by atoms with Crippen LogP contribution in [0.5, 0.6) is 0 Å². The molecule has 0 atom stereocenters. The van der Waals surface area contributed by atoms with Gasteiger partial charge in [0.05, 0.1) is 28.4 Å². The maximum Gasteiger partial charge on any atom is 0.245 e. The van der Waals surface area contributed by atoms with Crippen molar-refractivity contribution in [3.05, 3.63) is 41.0 Å². The van der Waals surface area contributed by atoms with Crippen molar-refractivity contribution in [2.75, 3.05) is 38.0 Å². The van der Waals surface area contributed by atoms with Gasteiger partial charge in [-0.25, -0.2) is 4.68 Å². The van der Waals surface area contributed by atoms with E-state index in [1.165, 1.54) is 4.90 Å².